The number of esters is 1. The molecule has 2 aromatic rings. The van der Waals surface area contributed by atoms with Crippen LogP contribution in [0.4, 0.5) is 11.4 Å². The van der Waals surface area contributed by atoms with Crippen molar-refractivity contribution < 1.29 is 29.2 Å². The summed E-state index contributed by atoms with van der Waals surface area (Å²) in [5.74, 6) is -0.0926. The number of hydrogen-bond acceptors (Lipinski definition) is 8. The van der Waals surface area contributed by atoms with Gasteiger partial charge < -0.3 is 14.6 Å². The number of nitro benzene ring substituents is 2. The van der Waals surface area contributed by atoms with Crippen LogP contribution < -0.4 is 4.74 Å². The Bertz CT molecular complexity index is 728. The number of nitrogens with zero attached hydrogens (tertiary/aromatic N) is 2. The number of phenols is 1. The molecule has 1 N–H and O–H groups in total. The van der Waals surface area contributed by atoms with Crippen LogP contribution in [-0.4, -0.2) is 34.6 Å². The van der Waals surface area contributed by atoms with E-state index in [9.17, 15) is 25.0 Å². The largest absolute Gasteiger partial charge is 0.508 e. The average Bonchev–Trinajstić information content (AvgIpc) is 2.61. The van der Waals surface area contributed by atoms with Crippen molar-refractivity contribution in [2.24, 2.45) is 0 Å². The molecular weight excluding hydrogens is 336 g/mol. The second-order valence-electron chi connectivity index (χ2n) is 4.39. The lowest BCUT2D eigenvalue weighted by Gasteiger charge is -2.03. The number of carbonyl (C=O) groups is 1. The topological polar surface area (TPSA) is 142 Å². The van der Waals surface area contributed by atoms with Gasteiger partial charge in [-0.15, -0.1) is 0 Å². The summed E-state index contributed by atoms with van der Waals surface area (Å²) < 4.78 is 9.36. The molecule has 0 bridgehead atoms. The number of non-ortho nitro benzene ring substituents is 2. The van der Waals surface area contributed by atoms with E-state index in [0.717, 1.165) is 0 Å². The summed E-state index contributed by atoms with van der Waals surface area (Å²) in [6.45, 7) is -0.214. The number of hydrogen-bond donors (Lipinski definition) is 1. The highest BCUT2D eigenvalue weighted by Gasteiger charge is 2.06. The van der Waals surface area contributed by atoms with Gasteiger partial charge in [0, 0.05) is 24.3 Å². The molecule has 0 aliphatic heterocycles. The summed E-state index contributed by atoms with van der Waals surface area (Å²) in [5.41, 5.74) is -0.0433. The molecule has 0 spiro atoms. The van der Waals surface area contributed by atoms with Gasteiger partial charge in [-0.1, -0.05) is 0 Å². The van der Waals surface area contributed by atoms with E-state index in [1.807, 2.05) is 0 Å². The molecule has 0 fully saturated rings. The molecule has 0 amide bonds. The summed E-state index contributed by atoms with van der Waals surface area (Å²) in [6.07, 6.45) is 0. The molecule has 0 saturated heterocycles. The number of phenolic OH excluding ortho intramolecular Hbond substituents is 1. The predicted molar refractivity (Wildman–Crippen MR) is 85.4 cm³/mol. The van der Waals surface area contributed by atoms with Gasteiger partial charge in [-0.3, -0.25) is 20.2 Å². The minimum Gasteiger partial charge on any atom is -0.508 e. The molecule has 0 heterocycles. The van der Waals surface area contributed by atoms with Crippen molar-refractivity contribution in [3.05, 3.63) is 68.8 Å². The Morgan fingerprint density at radius 2 is 1.40 bits per heavy atom. The van der Waals surface area contributed by atoms with E-state index in [1.54, 1.807) is 0 Å². The van der Waals surface area contributed by atoms with Gasteiger partial charge in [0.15, 0.2) is 6.61 Å². The molecule has 10 nitrogen and oxygen atoms in total. The highest BCUT2D eigenvalue weighted by atomic mass is 16.6. The maximum atomic E-state index is 10.7. The number of nitro groups is 2. The Morgan fingerprint density at radius 3 is 1.80 bits per heavy atom. The fourth-order valence-electron chi connectivity index (χ4n) is 1.44. The van der Waals surface area contributed by atoms with Crippen molar-refractivity contribution in [2.45, 2.75) is 0 Å². The van der Waals surface area contributed by atoms with Crippen LogP contribution in [0.15, 0.2) is 48.5 Å². The SMILES string of the molecule is COC(=O)COc1ccc([N+](=O)[O-])cc1.O=[N+]([O-])c1ccc(O)cc1. The zero-order valence-corrected chi connectivity index (χ0v) is 13.0. The van der Waals surface area contributed by atoms with E-state index >= 15 is 0 Å². The zero-order chi connectivity index (χ0) is 18.8. The molecule has 0 radical (unpaired) electrons. The third-order valence-electron chi connectivity index (χ3n) is 2.69. The van der Waals surface area contributed by atoms with Gasteiger partial charge in [0.1, 0.15) is 11.5 Å². The second-order valence-corrected chi connectivity index (χ2v) is 4.39. The van der Waals surface area contributed by atoms with Gasteiger partial charge in [-0.2, -0.15) is 0 Å². The van der Waals surface area contributed by atoms with Crippen molar-refractivity contribution in [3.63, 3.8) is 0 Å². The van der Waals surface area contributed by atoms with E-state index in [1.165, 1.54) is 55.6 Å². The highest BCUT2D eigenvalue weighted by Crippen LogP contribution is 2.17. The first-order valence-electron chi connectivity index (χ1n) is 6.71. The monoisotopic (exact) mass is 350 g/mol. The molecule has 0 aliphatic carbocycles. The van der Waals surface area contributed by atoms with Crippen LogP contribution in [0.1, 0.15) is 0 Å². The quantitative estimate of drug-likeness (QED) is 0.492. The fraction of sp³-hybridized carbons (Fsp3) is 0.133. The average molecular weight is 350 g/mol. The third kappa shape index (κ3) is 6.95. The first kappa shape index (κ1) is 19.4. The summed E-state index contributed by atoms with van der Waals surface area (Å²) in [5, 5.41) is 29.1. The minimum absolute atomic E-state index is 0.0159. The third-order valence-corrected chi connectivity index (χ3v) is 2.69. The summed E-state index contributed by atoms with van der Waals surface area (Å²) >= 11 is 0. The van der Waals surface area contributed by atoms with Gasteiger partial charge in [0.05, 0.1) is 17.0 Å². The van der Waals surface area contributed by atoms with Crippen molar-refractivity contribution >= 4 is 17.3 Å². The maximum absolute atomic E-state index is 10.7. The lowest BCUT2D eigenvalue weighted by molar-refractivity contribution is -0.385. The number of aromatic hydroxyl groups is 1. The zero-order valence-electron chi connectivity index (χ0n) is 13.0. The molecule has 0 atom stereocenters. The molecule has 2 aromatic carbocycles. The number of methoxy groups -OCH3 is 1. The van der Waals surface area contributed by atoms with E-state index in [2.05, 4.69) is 4.74 Å². The lowest BCUT2D eigenvalue weighted by Crippen LogP contribution is -2.12. The van der Waals surface area contributed by atoms with Crippen LogP contribution in [-0.2, 0) is 9.53 Å². The fourth-order valence-corrected chi connectivity index (χ4v) is 1.44. The molecule has 0 saturated carbocycles. The van der Waals surface area contributed by atoms with Gasteiger partial charge >= 0.3 is 5.97 Å². The molecule has 0 aromatic heterocycles. The van der Waals surface area contributed by atoms with Crippen molar-refractivity contribution in [1.29, 1.82) is 0 Å². The predicted octanol–water partition coefficient (Wildman–Crippen LogP) is 2.45. The van der Waals surface area contributed by atoms with Crippen LogP contribution in [0, 0.1) is 20.2 Å². The minimum atomic E-state index is -0.514. The maximum Gasteiger partial charge on any atom is 0.343 e. The van der Waals surface area contributed by atoms with Crippen molar-refractivity contribution in [1.82, 2.24) is 0 Å². The van der Waals surface area contributed by atoms with Crippen LogP contribution in [0.5, 0.6) is 11.5 Å². The van der Waals surface area contributed by atoms with Gasteiger partial charge in [0.25, 0.3) is 11.4 Å². The standard InChI is InChI=1S/C9H9NO5.C6H5NO3/c1-14-9(11)6-15-8-4-2-7(3-5-8)10(12)13;8-6-3-1-5(2-4-6)7(9)10/h2-5H,6H2,1H3;1-4,8H. The Balaban J connectivity index is 0.000000271. The molecule has 0 unspecified atom stereocenters. The number of carbonyl (C=O) groups excluding carboxylic acids is 1. The highest BCUT2D eigenvalue weighted by molar-refractivity contribution is 5.70. The normalized spacial score (nSPS) is 9.32. The van der Waals surface area contributed by atoms with Gasteiger partial charge in [0.2, 0.25) is 0 Å². The van der Waals surface area contributed by atoms with Crippen molar-refractivity contribution in [2.75, 3.05) is 13.7 Å². The number of benzene rings is 2. The first-order valence-corrected chi connectivity index (χ1v) is 6.71. The Morgan fingerprint density at radius 1 is 0.960 bits per heavy atom. The number of rotatable bonds is 5. The molecule has 0 aliphatic rings. The molecule has 2 rings (SSSR count). The van der Waals surface area contributed by atoms with E-state index in [0.29, 0.717) is 5.75 Å². The lowest BCUT2D eigenvalue weighted by atomic mass is 10.3. The van der Waals surface area contributed by atoms with Crippen molar-refractivity contribution in [3.8, 4) is 11.5 Å². The van der Waals surface area contributed by atoms with E-state index in [-0.39, 0.29) is 23.7 Å². The summed E-state index contributed by atoms with van der Waals surface area (Å²) in [7, 11) is 1.25. The molecular formula is C15H14N2O8. The summed E-state index contributed by atoms with van der Waals surface area (Å²) in [4.78, 5) is 30.0. The molecule has 132 valence electrons. The molecule has 10 heteroatoms. The van der Waals surface area contributed by atoms with E-state index < -0.39 is 15.8 Å². The Labute approximate surface area is 141 Å². The summed E-state index contributed by atoms with van der Waals surface area (Å²) in [6, 6.07) is 10.5. The first-order chi connectivity index (χ1) is 11.8. The van der Waals surface area contributed by atoms with Crippen LogP contribution >= 0.6 is 0 Å². The van der Waals surface area contributed by atoms with Gasteiger partial charge in [-0.25, -0.2) is 4.79 Å². The second kappa shape index (κ2) is 9.45. The van der Waals surface area contributed by atoms with E-state index in [4.69, 9.17) is 9.84 Å². The van der Waals surface area contributed by atoms with Crippen LogP contribution in [0.25, 0.3) is 0 Å². The number of ether oxygens (including phenoxy) is 2. The Hall–Kier alpha value is -3.69. The van der Waals surface area contributed by atoms with Crippen LogP contribution in [0.3, 0.4) is 0 Å². The smallest absolute Gasteiger partial charge is 0.343 e. The van der Waals surface area contributed by atoms with Gasteiger partial charge in [-0.05, 0) is 24.3 Å². The van der Waals surface area contributed by atoms with Crippen LogP contribution in [0.2, 0.25) is 0 Å². The molecule has 25 heavy (non-hydrogen) atoms. The Kier molecular flexibility index (Phi) is 7.32.